The van der Waals surface area contributed by atoms with E-state index >= 15 is 0 Å². The minimum absolute atomic E-state index is 0.158. The molecule has 0 fully saturated rings. The highest BCUT2D eigenvalue weighted by Gasteiger charge is 2.17. The molecule has 1 N–H and O–H groups in total. The van der Waals surface area contributed by atoms with E-state index in [1.165, 1.54) is 0 Å². The number of ketones is 1. The fourth-order valence-corrected chi connectivity index (χ4v) is 4.36. The summed E-state index contributed by atoms with van der Waals surface area (Å²) in [5.41, 5.74) is 3.38. The lowest BCUT2D eigenvalue weighted by molar-refractivity contribution is -0.119. The molecule has 4 aromatic carbocycles. The Bertz CT molecular complexity index is 1370. The molecule has 0 radical (unpaired) electrons. The normalized spacial score (nSPS) is 11.6. The minimum atomic E-state index is -0.355. The molecular formula is C31H30ClNO4. The van der Waals surface area contributed by atoms with E-state index in [2.05, 4.69) is 23.5 Å². The molecule has 0 aliphatic heterocycles. The van der Waals surface area contributed by atoms with Gasteiger partial charge in [0.1, 0.15) is 11.5 Å². The van der Waals surface area contributed by atoms with Gasteiger partial charge in [-0.15, -0.1) is 0 Å². The summed E-state index contributed by atoms with van der Waals surface area (Å²) < 4.78 is 10.4. The summed E-state index contributed by atoms with van der Waals surface area (Å²) in [7, 11) is 1.66. The van der Waals surface area contributed by atoms with Gasteiger partial charge >= 0.3 is 5.97 Å². The maximum absolute atomic E-state index is 13.1. The highest BCUT2D eigenvalue weighted by molar-refractivity contribution is 6.30. The number of Topliss-reactive ketones (excluding diaryl/α,β-unsaturated/α-hetero) is 1. The topological polar surface area (TPSA) is 64.6 Å². The number of anilines is 1. The van der Waals surface area contributed by atoms with Crippen LogP contribution in [0, 0.1) is 0 Å². The van der Waals surface area contributed by atoms with E-state index in [4.69, 9.17) is 21.1 Å². The number of carbonyl (C=O) groups is 2. The number of esters is 1. The summed E-state index contributed by atoms with van der Waals surface area (Å²) in [4.78, 5) is 25.0. The first kappa shape index (κ1) is 26.2. The van der Waals surface area contributed by atoms with Gasteiger partial charge in [0.25, 0.3) is 0 Å². The molecule has 37 heavy (non-hydrogen) atoms. The summed E-state index contributed by atoms with van der Waals surface area (Å²) in [5, 5.41) is 6.32. The molecular weight excluding hydrogens is 486 g/mol. The molecule has 4 rings (SSSR count). The fourth-order valence-electron chi connectivity index (χ4n) is 4.23. The van der Waals surface area contributed by atoms with Crippen molar-refractivity contribution in [1.82, 2.24) is 0 Å². The van der Waals surface area contributed by atoms with Crippen molar-refractivity contribution in [1.29, 1.82) is 0 Å². The van der Waals surface area contributed by atoms with E-state index in [1.54, 1.807) is 26.2 Å². The molecule has 0 heterocycles. The van der Waals surface area contributed by atoms with Crippen LogP contribution in [0.15, 0.2) is 84.9 Å². The third-order valence-electron chi connectivity index (χ3n) is 6.25. The molecule has 0 saturated carbocycles. The van der Waals surface area contributed by atoms with E-state index in [1.807, 2.05) is 54.6 Å². The van der Waals surface area contributed by atoms with Gasteiger partial charge in [-0.25, -0.2) is 4.79 Å². The number of aryl methyl sites for hydroxylation is 1. The molecule has 0 aliphatic carbocycles. The average Bonchev–Trinajstić information content (AvgIpc) is 2.92. The van der Waals surface area contributed by atoms with Gasteiger partial charge < -0.3 is 14.8 Å². The smallest absolute Gasteiger partial charge is 0.338 e. The Balaban J connectivity index is 1.44. The van der Waals surface area contributed by atoms with Crippen LogP contribution in [0.3, 0.4) is 0 Å². The molecule has 0 aliphatic rings. The van der Waals surface area contributed by atoms with Gasteiger partial charge in [0.2, 0.25) is 0 Å². The lowest BCUT2D eigenvalue weighted by atomic mass is 9.97. The van der Waals surface area contributed by atoms with Gasteiger partial charge in [-0.2, -0.15) is 0 Å². The van der Waals surface area contributed by atoms with Crippen LogP contribution in [0.4, 0.5) is 5.69 Å². The maximum Gasteiger partial charge on any atom is 0.338 e. The molecule has 0 bridgehead atoms. The summed E-state index contributed by atoms with van der Waals surface area (Å²) in [5.74, 6) is 0.628. The van der Waals surface area contributed by atoms with Crippen molar-refractivity contribution in [2.45, 2.75) is 32.2 Å². The number of ether oxygens (including phenoxy) is 2. The molecule has 1 atom stereocenters. The zero-order valence-corrected chi connectivity index (χ0v) is 21.8. The van der Waals surface area contributed by atoms with Crippen LogP contribution in [0.5, 0.6) is 5.75 Å². The number of hydrogen-bond donors (Lipinski definition) is 1. The van der Waals surface area contributed by atoms with Gasteiger partial charge in [-0.05, 0) is 83.8 Å². The third-order valence-corrected chi connectivity index (χ3v) is 6.50. The van der Waals surface area contributed by atoms with Crippen LogP contribution in [0.2, 0.25) is 5.02 Å². The van der Waals surface area contributed by atoms with Crippen LogP contribution in [-0.2, 0) is 16.0 Å². The summed E-state index contributed by atoms with van der Waals surface area (Å²) >= 11 is 6.09. The lowest BCUT2D eigenvalue weighted by Gasteiger charge is -2.20. The molecule has 4 aromatic rings. The zero-order chi connectivity index (χ0) is 26.2. The summed E-state index contributed by atoms with van der Waals surface area (Å²) in [6.45, 7) is 2.10. The maximum atomic E-state index is 13.1. The minimum Gasteiger partial charge on any atom is -0.497 e. The number of benzene rings is 4. The predicted molar refractivity (Wildman–Crippen MR) is 149 cm³/mol. The van der Waals surface area contributed by atoms with Crippen molar-refractivity contribution in [3.8, 4) is 5.75 Å². The first-order valence-electron chi connectivity index (χ1n) is 12.3. The Morgan fingerprint density at radius 3 is 2.30 bits per heavy atom. The van der Waals surface area contributed by atoms with Crippen LogP contribution < -0.4 is 10.1 Å². The molecule has 6 heteroatoms. The first-order valence-corrected chi connectivity index (χ1v) is 12.7. The number of hydrogen-bond acceptors (Lipinski definition) is 5. The summed E-state index contributed by atoms with van der Waals surface area (Å²) in [6.07, 6.45) is 1.43. The Morgan fingerprint density at radius 1 is 0.892 bits per heavy atom. The summed E-state index contributed by atoms with van der Waals surface area (Å²) in [6, 6.07) is 26.6. The quantitative estimate of drug-likeness (QED) is 0.210. The molecule has 190 valence electrons. The highest BCUT2D eigenvalue weighted by atomic mass is 35.5. The number of nitrogens with one attached hydrogen (secondary N) is 1. The molecule has 5 nitrogen and oxygen atoms in total. The number of rotatable bonds is 11. The van der Waals surface area contributed by atoms with E-state index in [0.29, 0.717) is 36.5 Å². The zero-order valence-electron chi connectivity index (χ0n) is 21.0. The van der Waals surface area contributed by atoms with Crippen molar-refractivity contribution in [3.63, 3.8) is 0 Å². The van der Waals surface area contributed by atoms with Gasteiger partial charge in [0.15, 0.2) is 0 Å². The second kappa shape index (κ2) is 12.4. The van der Waals surface area contributed by atoms with Crippen molar-refractivity contribution >= 4 is 39.8 Å². The average molecular weight is 516 g/mol. The van der Waals surface area contributed by atoms with Crippen LogP contribution in [0.25, 0.3) is 10.8 Å². The fraction of sp³-hybridized carbons (Fsp3) is 0.226. The van der Waals surface area contributed by atoms with E-state index in [-0.39, 0.29) is 17.8 Å². The molecule has 0 saturated heterocycles. The standard InChI is InChI=1S/C31H30ClNO4/c1-3-37-31(35)23-9-14-27(15-10-23)33-30(22-7-12-26(32)13-8-22)20-28(34)16-5-21-4-6-25-19-29(36-2)17-11-24(25)18-21/h4,6-15,17-19,30,33H,3,5,16,20H2,1-2H3. The Labute approximate surface area is 222 Å². The lowest BCUT2D eigenvalue weighted by Crippen LogP contribution is -2.16. The van der Waals surface area contributed by atoms with Crippen LogP contribution in [-0.4, -0.2) is 25.5 Å². The number of methoxy groups -OCH3 is 1. The highest BCUT2D eigenvalue weighted by Crippen LogP contribution is 2.27. The number of carbonyl (C=O) groups excluding carboxylic acids is 2. The van der Waals surface area contributed by atoms with Crippen LogP contribution in [0.1, 0.15) is 47.3 Å². The number of fused-ring (bicyclic) bond motifs is 1. The predicted octanol–water partition coefficient (Wildman–Crippen LogP) is 7.42. The Kier molecular flexibility index (Phi) is 8.81. The molecule has 0 amide bonds. The Morgan fingerprint density at radius 2 is 1.59 bits per heavy atom. The van der Waals surface area contributed by atoms with E-state index in [0.717, 1.165) is 33.3 Å². The third kappa shape index (κ3) is 7.11. The van der Waals surface area contributed by atoms with Crippen molar-refractivity contribution in [2.75, 3.05) is 19.0 Å². The van der Waals surface area contributed by atoms with Crippen LogP contribution >= 0.6 is 11.6 Å². The van der Waals surface area contributed by atoms with Gasteiger partial charge in [-0.1, -0.05) is 48.0 Å². The van der Waals surface area contributed by atoms with E-state index < -0.39 is 0 Å². The van der Waals surface area contributed by atoms with Crippen molar-refractivity contribution < 1.29 is 19.1 Å². The van der Waals surface area contributed by atoms with Gasteiger partial charge in [0.05, 0.1) is 25.3 Å². The SMILES string of the molecule is CCOC(=O)c1ccc(NC(CC(=O)CCc2ccc3cc(OC)ccc3c2)c2ccc(Cl)cc2)cc1. The number of halogens is 1. The van der Waals surface area contributed by atoms with E-state index in [9.17, 15) is 9.59 Å². The van der Waals surface area contributed by atoms with Gasteiger partial charge in [0, 0.05) is 23.6 Å². The molecule has 0 aromatic heterocycles. The van der Waals surface area contributed by atoms with Gasteiger partial charge in [-0.3, -0.25) is 4.79 Å². The van der Waals surface area contributed by atoms with Crippen molar-refractivity contribution in [3.05, 3.63) is 107 Å². The second-order valence-corrected chi connectivity index (χ2v) is 9.27. The molecule has 0 spiro atoms. The molecule has 1 unspecified atom stereocenters. The first-order chi connectivity index (χ1) is 17.9. The monoisotopic (exact) mass is 515 g/mol. The second-order valence-electron chi connectivity index (χ2n) is 8.84. The largest absolute Gasteiger partial charge is 0.497 e. The Hall–Kier alpha value is -3.83. The van der Waals surface area contributed by atoms with Crippen molar-refractivity contribution in [2.24, 2.45) is 0 Å².